The molecular formula is C26H31NO3. The molecule has 0 spiro atoms. The lowest BCUT2D eigenvalue weighted by molar-refractivity contribution is -0.178. The van der Waals surface area contributed by atoms with Gasteiger partial charge in [0, 0.05) is 6.54 Å². The van der Waals surface area contributed by atoms with Gasteiger partial charge in [0.15, 0.2) is 0 Å². The molecule has 1 atom stereocenters. The number of benzene rings is 2. The van der Waals surface area contributed by atoms with Crippen molar-refractivity contribution in [2.75, 3.05) is 6.54 Å². The van der Waals surface area contributed by atoms with Gasteiger partial charge in [0.25, 0.3) is 0 Å². The van der Waals surface area contributed by atoms with Crippen molar-refractivity contribution < 1.29 is 14.3 Å². The van der Waals surface area contributed by atoms with Gasteiger partial charge in [-0.05, 0) is 51.2 Å². The molecule has 0 saturated carbocycles. The number of hydrogen-bond donors (Lipinski definition) is 0. The van der Waals surface area contributed by atoms with Gasteiger partial charge in [0.1, 0.15) is 11.0 Å². The lowest BCUT2D eigenvalue weighted by Gasteiger charge is -2.44. The number of piperidine rings is 1. The number of ether oxygens (including phenoxy) is 1. The predicted molar refractivity (Wildman–Crippen MR) is 119 cm³/mol. The first-order valence-corrected chi connectivity index (χ1v) is 10.5. The van der Waals surface area contributed by atoms with E-state index in [1.807, 2.05) is 86.3 Å². The van der Waals surface area contributed by atoms with Crippen molar-refractivity contribution in [3.63, 3.8) is 0 Å². The van der Waals surface area contributed by atoms with E-state index >= 15 is 0 Å². The van der Waals surface area contributed by atoms with Crippen LogP contribution in [0.4, 0.5) is 0 Å². The van der Waals surface area contributed by atoms with Crippen LogP contribution in [0.3, 0.4) is 0 Å². The van der Waals surface area contributed by atoms with Gasteiger partial charge in [-0.2, -0.15) is 0 Å². The summed E-state index contributed by atoms with van der Waals surface area (Å²) < 4.78 is 5.71. The van der Waals surface area contributed by atoms with Crippen LogP contribution in [-0.4, -0.2) is 28.9 Å². The third-order valence-corrected chi connectivity index (χ3v) is 5.50. The normalized spacial score (nSPS) is 19.6. The van der Waals surface area contributed by atoms with E-state index in [1.54, 1.807) is 6.08 Å². The molecule has 158 valence electrons. The molecule has 1 heterocycles. The topological polar surface area (TPSA) is 46.6 Å². The lowest BCUT2D eigenvalue weighted by atomic mass is 9.75. The highest BCUT2D eigenvalue weighted by Gasteiger charge is 2.52. The van der Waals surface area contributed by atoms with Crippen LogP contribution in [0.5, 0.6) is 0 Å². The second kappa shape index (κ2) is 8.86. The van der Waals surface area contributed by atoms with E-state index in [2.05, 4.69) is 6.58 Å². The largest absolute Gasteiger partial charge is 0.459 e. The average molecular weight is 406 g/mol. The Bertz CT molecular complexity index is 846. The van der Waals surface area contributed by atoms with Crippen LogP contribution in [0.2, 0.25) is 0 Å². The molecule has 1 aliphatic heterocycles. The van der Waals surface area contributed by atoms with Gasteiger partial charge in [-0.25, -0.2) is 0 Å². The number of likely N-dealkylation sites (tertiary alicyclic amines) is 1. The Balaban J connectivity index is 2.05. The molecule has 1 saturated heterocycles. The average Bonchev–Trinajstić information content (AvgIpc) is 2.71. The molecule has 30 heavy (non-hydrogen) atoms. The highest BCUT2D eigenvalue weighted by molar-refractivity contribution is 6.03. The van der Waals surface area contributed by atoms with Crippen molar-refractivity contribution in [3.05, 3.63) is 84.4 Å². The first kappa shape index (κ1) is 21.8. The summed E-state index contributed by atoms with van der Waals surface area (Å²) in [6.07, 6.45) is 3.13. The molecule has 0 aromatic heterocycles. The summed E-state index contributed by atoms with van der Waals surface area (Å²) in [5.41, 5.74) is 0.160. The molecule has 2 aromatic carbocycles. The molecule has 2 aromatic rings. The highest BCUT2D eigenvalue weighted by Crippen LogP contribution is 2.42. The number of esters is 1. The maximum Gasteiger partial charge on any atom is 0.322 e. The molecule has 0 radical (unpaired) electrons. The smallest absolute Gasteiger partial charge is 0.322 e. The monoisotopic (exact) mass is 405 g/mol. The maximum atomic E-state index is 13.9. The van der Waals surface area contributed by atoms with E-state index in [4.69, 9.17) is 4.74 Å². The Morgan fingerprint density at radius 1 is 1.10 bits per heavy atom. The van der Waals surface area contributed by atoms with E-state index < -0.39 is 17.0 Å². The number of nitrogens with zero attached hydrogens (tertiary/aromatic N) is 1. The summed E-state index contributed by atoms with van der Waals surface area (Å²) in [4.78, 5) is 29.0. The SMILES string of the molecule is C=CC[C@@]1(C(=O)OC(C)(C)C)CCCN(C(c2ccccc2)c2ccccc2)C1=O. The summed E-state index contributed by atoms with van der Waals surface area (Å²) in [6, 6.07) is 19.7. The van der Waals surface area contributed by atoms with E-state index in [9.17, 15) is 9.59 Å². The van der Waals surface area contributed by atoms with Crippen LogP contribution in [0.25, 0.3) is 0 Å². The molecule has 1 amide bonds. The van der Waals surface area contributed by atoms with Gasteiger partial charge in [-0.1, -0.05) is 66.7 Å². The van der Waals surface area contributed by atoms with Crippen molar-refractivity contribution in [1.29, 1.82) is 0 Å². The second-order valence-electron chi connectivity index (χ2n) is 8.90. The Kier molecular flexibility index (Phi) is 6.45. The van der Waals surface area contributed by atoms with E-state index in [0.717, 1.165) is 17.5 Å². The molecule has 1 aliphatic rings. The summed E-state index contributed by atoms with van der Waals surface area (Å²) in [5, 5.41) is 0. The summed E-state index contributed by atoms with van der Waals surface area (Å²) in [5.74, 6) is -0.634. The van der Waals surface area contributed by atoms with Gasteiger partial charge in [0.2, 0.25) is 5.91 Å². The summed E-state index contributed by atoms with van der Waals surface area (Å²) in [6.45, 7) is 9.90. The van der Waals surface area contributed by atoms with Crippen LogP contribution < -0.4 is 0 Å². The first-order valence-electron chi connectivity index (χ1n) is 10.5. The second-order valence-corrected chi connectivity index (χ2v) is 8.90. The Hall–Kier alpha value is -2.88. The zero-order valence-corrected chi connectivity index (χ0v) is 18.1. The molecule has 4 nitrogen and oxygen atoms in total. The van der Waals surface area contributed by atoms with Crippen molar-refractivity contribution in [2.24, 2.45) is 5.41 Å². The number of allylic oxidation sites excluding steroid dienone is 1. The minimum atomic E-state index is -1.23. The van der Waals surface area contributed by atoms with Gasteiger partial charge >= 0.3 is 5.97 Å². The molecule has 0 bridgehead atoms. The third-order valence-electron chi connectivity index (χ3n) is 5.50. The minimum absolute atomic E-state index is 0.180. The van der Waals surface area contributed by atoms with Crippen LogP contribution >= 0.6 is 0 Å². The third kappa shape index (κ3) is 4.48. The Morgan fingerprint density at radius 2 is 1.63 bits per heavy atom. The summed E-state index contributed by atoms with van der Waals surface area (Å²) >= 11 is 0. The van der Waals surface area contributed by atoms with Crippen molar-refractivity contribution in [3.8, 4) is 0 Å². The number of carbonyl (C=O) groups excluding carboxylic acids is 2. The van der Waals surface area contributed by atoms with E-state index in [0.29, 0.717) is 13.0 Å². The van der Waals surface area contributed by atoms with Gasteiger partial charge in [-0.15, -0.1) is 6.58 Å². The van der Waals surface area contributed by atoms with Gasteiger partial charge in [0.05, 0.1) is 6.04 Å². The Morgan fingerprint density at radius 3 is 2.10 bits per heavy atom. The Labute approximate surface area is 179 Å². The van der Waals surface area contributed by atoms with Crippen molar-refractivity contribution >= 4 is 11.9 Å². The number of carbonyl (C=O) groups is 2. The van der Waals surface area contributed by atoms with Gasteiger partial charge in [-0.3, -0.25) is 9.59 Å². The molecule has 0 unspecified atom stereocenters. The number of rotatable bonds is 6. The standard InChI is InChI=1S/C26H31NO3/c1-5-17-26(24(29)30-25(2,3)4)18-12-19-27(23(26)28)22(20-13-8-6-9-14-20)21-15-10-7-11-16-21/h5-11,13-16,22H,1,12,17-19H2,2-4H3/t26-/m1/s1. The summed E-state index contributed by atoms with van der Waals surface area (Å²) in [7, 11) is 0. The van der Waals surface area contributed by atoms with Crippen LogP contribution in [0, 0.1) is 5.41 Å². The quantitative estimate of drug-likeness (QED) is 0.372. The molecule has 0 N–H and O–H groups in total. The zero-order chi connectivity index (χ0) is 21.8. The van der Waals surface area contributed by atoms with Crippen LogP contribution in [0.15, 0.2) is 73.3 Å². The number of amides is 1. The van der Waals surface area contributed by atoms with Gasteiger partial charge < -0.3 is 9.64 Å². The molecule has 1 fully saturated rings. The van der Waals surface area contributed by atoms with Crippen LogP contribution in [-0.2, 0) is 14.3 Å². The van der Waals surface area contributed by atoms with Crippen molar-refractivity contribution in [1.82, 2.24) is 4.90 Å². The minimum Gasteiger partial charge on any atom is -0.459 e. The fraction of sp³-hybridized carbons (Fsp3) is 0.385. The van der Waals surface area contributed by atoms with E-state index in [1.165, 1.54) is 0 Å². The molecule has 3 rings (SSSR count). The number of hydrogen-bond acceptors (Lipinski definition) is 3. The molecule has 4 heteroatoms. The van der Waals surface area contributed by atoms with Crippen LogP contribution in [0.1, 0.15) is 57.2 Å². The fourth-order valence-electron chi connectivity index (χ4n) is 4.19. The first-order chi connectivity index (χ1) is 14.3. The van der Waals surface area contributed by atoms with Crippen molar-refractivity contribution in [2.45, 2.75) is 51.7 Å². The maximum absolute atomic E-state index is 13.9. The zero-order valence-electron chi connectivity index (χ0n) is 18.1. The predicted octanol–water partition coefficient (Wildman–Crippen LogP) is 5.30. The van der Waals surface area contributed by atoms with E-state index in [-0.39, 0.29) is 18.4 Å². The highest BCUT2D eigenvalue weighted by atomic mass is 16.6. The molecular weight excluding hydrogens is 374 g/mol. The molecule has 0 aliphatic carbocycles. The lowest BCUT2D eigenvalue weighted by Crippen LogP contribution is -2.55. The fourth-order valence-corrected chi connectivity index (χ4v) is 4.19.